The zero-order valence-corrected chi connectivity index (χ0v) is 8.82. The molecule has 0 saturated heterocycles. The quantitative estimate of drug-likeness (QED) is 0.571. The summed E-state index contributed by atoms with van der Waals surface area (Å²) in [5.41, 5.74) is 6.96. The molecule has 0 aliphatic carbocycles. The number of amides is 1. The van der Waals surface area contributed by atoms with E-state index in [1.54, 1.807) is 25.3 Å². The average Bonchev–Trinajstić information content (AvgIpc) is 2.18. The monoisotopic (exact) mass is 208 g/mol. The van der Waals surface area contributed by atoms with E-state index in [0.29, 0.717) is 18.7 Å². The SMILES string of the molecule is COCCCC(=O)Nc1cccc(N)c1. The van der Waals surface area contributed by atoms with Gasteiger partial charge in [0.05, 0.1) is 0 Å². The van der Waals surface area contributed by atoms with Crippen molar-refractivity contribution >= 4 is 17.3 Å². The highest BCUT2D eigenvalue weighted by molar-refractivity contribution is 5.91. The highest BCUT2D eigenvalue weighted by Gasteiger charge is 2.01. The first-order valence-electron chi connectivity index (χ1n) is 4.86. The molecule has 4 nitrogen and oxygen atoms in total. The summed E-state index contributed by atoms with van der Waals surface area (Å²) in [4.78, 5) is 11.4. The number of nitrogens with two attached hydrogens (primary N) is 1. The summed E-state index contributed by atoms with van der Waals surface area (Å²) in [6, 6.07) is 7.12. The minimum Gasteiger partial charge on any atom is -0.399 e. The number of methoxy groups -OCH3 is 1. The van der Waals surface area contributed by atoms with Gasteiger partial charge in [0.1, 0.15) is 0 Å². The van der Waals surface area contributed by atoms with Crippen LogP contribution in [-0.4, -0.2) is 19.6 Å². The molecule has 0 aliphatic heterocycles. The van der Waals surface area contributed by atoms with E-state index in [4.69, 9.17) is 10.5 Å². The van der Waals surface area contributed by atoms with Crippen LogP contribution in [0, 0.1) is 0 Å². The van der Waals surface area contributed by atoms with Crippen LogP contribution in [0.2, 0.25) is 0 Å². The number of hydrogen-bond acceptors (Lipinski definition) is 3. The van der Waals surface area contributed by atoms with Crippen molar-refractivity contribution in [2.45, 2.75) is 12.8 Å². The van der Waals surface area contributed by atoms with E-state index < -0.39 is 0 Å². The highest BCUT2D eigenvalue weighted by Crippen LogP contribution is 2.12. The third-order valence-corrected chi connectivity index (χ3v) is 1.92. The normalized spacial score (nSPS) is 9.93. The molecule has 0 radical (unpaired) electrons. The first-order chi connectivity index (χ1) is 7.22. The number of carbonyl (C=O) groups excluding carboxylic acids is 1. The van der Waals surface area contributed by atoms with Crippen molar-refractivity contribution in [1.82, 2.24) is 0 Å². The van der Waals surface area contributed by atoms with Crippen molar-refractivity contribution in [3.05, 3.63) is 24.3 Å². The summed E-state index contributed by atoms with van der Waals surface area (Å²) >= 11 is 0. The van der Waals surface area contributed by atoms with Crippen molar-refractivity contribution in [2.75, 3.05) is 24.8 Å². The second-order valence-corrected chi connectivity index (χ2v) is 3.27. The van der Waals surface area contributed by atoms with Crippen LogP contribution in [-0.2, 0) is 9.53 Å². The molecule has 0 saturated carbocycles. The molecule has 1 amide bonds. The van der Waals surface area contributed by atoms with E-state index in [0.717, 1.165) is 12.1 Å². The van der Waals surface area contributed by atoms with E-state index in [-0.39, 0.29) is 5.91 Å². The molecule has 4 heteroatoms. The Kier molecular flexibility index (Phi) is 4.63. The molecule has 82 valence electrons. The van der Waals surface area contributed by atoms with Crippen molar-refractivity contribution in [3.8, 4) is 0 Å². The van der Waals surface area contributed by atoms with E-state index in [1.807, 2.05) is 6.07 Å². The number of nitrogen functional groups attached to an aromatic ring is 1. The minimum atomic E-state index is -0.0161. The molecule has 0 bridgehead atoms. The molecular weight excluding hydrogens is 192 g/mol. The molecule has 1 aromatic rings. The van der Waals surface area contributed by atoms with E-state index in [9.17, 15) is 4.79 Å². The van der Waals surface area contributed by atoms with Crippen molar-refractivity contribution in [2.24, 2.45) is 0 Å². The summed E-state index contributed by atoms with van der Waals surface area (Å²) in [6.45, 7) is 0.602. The highest BCUT2D eigenvalue weighted by atomic mass is 16.5. The summed E-state index contributed by atoms with van der Waals surface area (Å²) in [5, 5.41) is 2.77. The van der Waals surface area contributed by atoms with E-state index >= 15 is 0 Å². The summed E-state index contributed by atoms with van der Waals surface area (Å²) in [6.07, 6.45) is 1.19. The number of nitrogens with one attached hydrogen (secondary N) is 1. The van der Waals surface area contributed by atoms with Crippen LogP contribution in [0.4, 0.5) is 11.4 Å². The molecule has 0 atom stereocenters. The van der Waals surface area contributed by atoms with Gasteiger partial charge in [0.15, 0.2) is 0 Å². The molecule has 15 heavy (non-hydrogen) atoms. The Balaban J connectivity index is 2.37. The lowest BCUT2D eigenvalue weighted by molar-refractivity contribution is -0.116. The van der Waals surface area contributed by atoms with Gasteiger partial charge in [-0.15, -0.1) is 0 Å². The Labute approximate surface area is 89.4 Å². The van der Waals surface area contributed by atoms with Gasteiger partial charge >= 0.3 is 0 Å². The molecule has 0 fully saturated rings. The average molecular weight is 208 g/mol. The van der Waals surface area contributed by atoms with Crippen LogP contribution in [0.1, 0.15) is 12.8 Å². The summed E-state index contributed by atoms with van der Waals surface area (Å²) in [5.74, 6) is -0.0161. The zero-order valence-electron chi connectivity index (χ0n) is 8.82. The Morgan fingerprint density at radius 3 is 3.00 bits per heavy atom. The maximum absolute atomic E-state index is 11.4. The maximum Gasteiger partial charge on any atom is 0.224 e. The van der Waals surface area contributed by atoms with Crippen LogP contribution < -0.4 is 11.1 Å². The van der Waals surface area contributed by atoms with Gasteiger partial charge in [-0.05, 0) is 24.6 Å². The third-order valence-electron chi connectivity index (χ3n) is 1.92. The van der Waals surface area contributed by atoms with Crippen molar-refractivity contribution in [3.63, 3.8) is 0 Å². The molecule has 0 unspecified atom stereocenters. The van der Waals surface area contributed by atoms with Gasteiger partial charge < -0.3 is 15.8 Å². The third kappa shape index (κ3) is 4.46. The zero-order chi connectivity index (χ0) is 11.1. The molecule has 0 spiro atoms. The molecule has 0 aromatic heterocycles. The number of carbonyl (C=O) groups is 1. The lowest BCUT2D eigenvalue weighted by Crippen LogP contribution is -2.12. The standard InChI is InChI=1S/C11H16N2O2/c1-15-7-3-6-11(14)13-10-5-2-4-9(12)8-10/h2,4-5,8H,3,6-7,12H2,1H3,(H,13,14). The topological polar surface area (TPSA) is 64.3 Å². The van der Waals surface area contributed by atoms with Crippen LogP contribution >= 0.6 is 0 Å². The van der Waals surface area contributed by atoms with Crippen molar-refractivity contribution in [1.29, 1.82) is 0 Å². The van der Waals surface area contributed by atoms with Gasteiger partial charge in [-0.1, -0.05) is 6.07 Å². The van der Waals surface area contributed by atoms with Gasteiger partial charge in [0, 0.05) is 31.5 Å². The maximum atomic E-state index is 11.4. The Morgan fingerprint density at radius 2 is 2.33 bits per heavy atom. The predicted octanol–water partition coefficient (Wildman–Crippen LogP) is 1.63. The fraction of sp³-hybridized carbons (Fsp3) is 0.364. The predicted molar refractivity (Wildman–Crippen MR) is 60.6 cm³/mol. The number of rotatable bonds is 5. The molecule has 1 rings (SSSR count). The Hall–Kier alpha value is -1.55. The lowest BCUT2D eigenvalue weighted by Gasteiger charge is -2.05. The van der Waals surface area contributed by atoms with Gasteiger partial charge in [-0.25, -0.2) is 0 Å². The summed E-state index contributed by atoms with van der Waals surface area (Å²) in [7, 11) is 1.62. The van der Waals surface area contributed by atoms with Gasteiger partial charge in [0.25, 0.3) is 0 Å². The number of anilines is 2. The van der Waals surface area contributed by atoms with Crippen molar-refractivity contribution < 1.29 is 9.53 Å². The van der Waals surface area contributed by atoms with Crippen LogP contribution in [0.5, 0.6) is 0 Å². The number of benzene rings is 1. The lowest BCUT2D eigenvalue weighted by atomic mass is 10.2. The van der Waals surface area contributed by atoms with E-state index in [2.05, 4.69) is 5.32 Å². The molecule has 0 heterocycles. The smallest absolute Gasteiger partial charge is 0.224 e. The molecule has 3 N–H and O–H groups in total. The molecule has 0 aliphatic rings. The first kappa shape index (κ1) is 11.5. The van der Waals surface area contributed by atoms with Gasteiger partial charge in [-0.2, -0.15) is 0 Å². The van der Waals surface area contributed by atoms with Gasteiger partial charge in [0.2, 0.25) is 5.91 Å². The fourth-order valence-corrected chi connectivity index (χ4v) is 1.22. The second kappa shape index (κ2) is 6.03. The Bertz CT molecular complexity index is 326. The minimum absolute atomic E-state index is 0.0161. The van der Waals surface area contributed by atoms with E-state index in [1.165, 1.54) is 0 Å². The molecular formula is C11H16N2O2. The molecule has 1 aromatic carbocycles. The number of ether oxygens (including phenoxy) is 1. The fourth-order valence-electron chi connectivity index (χ4n) is 1.22. The van der Waals surface area contributed by atoms with Gasteiger partial charge in [-0.3, -0.25) is 4.79 Å². The Morgan fingerprint density at radius 1 is 1.53 bits per heavy atom. The second-order valence-electron chi connectivity index (χ2n) is 3.27. The van der Waals surface area contributed by atoms with Crippen LogP contribution in [0.25, 0.3) is 0 Å². The number of hydrogen-bond donors (Lipinski definition) is 2. The summed E-state index contributed by atoms with van der Waals surface area (Å²) < 4.78 is 4.86. The largest absolute Gasteiger partial charge is 0.399 e. The first-order valence-corrected chi connectivity index (χ1v) is 4.86. The van der Waals surface area contributed by atoms with Crippen LogP contribution in [0.3, 0.4) is 0 Å². The van der Waals surface area contributed by atoms with Crippen LogP contribution in [0.15, 0.2) is 24.3 Å².